The summed E-state index contributed by atoms with van der Waals surface area (Å²) in [7, 11) is 0. The van der Waals surface area contributed by atoms with Crippen LogP contribution in [0.1, 0.15) is 49.9 Å². The number of aryl methyl sites for hydroxylation is 1. The van der Waals surface area contributed by atoms with E-state index in [1.807, 2.05) is 24.3 Å². The van der Waals surface area contributed by atoms with Crippen LogP contribution >= 0.6 is 0 Å². The van der Waals surface area contributed by atoms with Crippen LogP contribution in [-0.2, 0) is 24.2 Å². The van der Waals surface area contributed by atoms with Gasteiger partial charge < -0.3 is 9.88 Å². The van der Waals surface area contributed by atoms with Gasteiger partial charge in [0.15, 0.2) is 0 Å². The van der Waals surface area contributed by atoms with Crippen LogP contribution in [0.2, 0.25) is 0 Å². The molecule has 1 aliphatic rings. The lowest BCUT2D eigenvalue weighted by atomic mass is 9.88. The summed E-state index contributed by atoms with van der Waals surface area (Å²) in [6, 6.07) is 7.82. The molecule has 28 heavy (non-hydrogen) atoms. The van der Waals surface area contributed by atoms with Gasteiger partial charge in [0.1, 0.15) is 12.1 Å². The number of fused-ring (bicyclic) bond motifs is 3. The monoisotopic (exact) mass is 378 g/mol. The van der Waals surface area contributed by atoms with Gasteiger partial charge in [0.25, 0.3) is 5.56 Å². The average molecular weight is 378 g/mol. The van der Waals surface area contributed by atoms with E-state index in [2.05, 4.69) is 31.2 Å². The molecule has 0 radical (unpaired) electrons. The third kappa shape index (κ3) is 3.46. The molecule has 146 valence electrons. The minimum absolute atomic E-state index is 0.0171. The molecular weight excluding hydrogens is 352 g/mol. The van der Waals surface area contributed by atoms with Crippen molar-refractivity contribution in [2.24, 2.45) is 5.92 Å². The minimum Gasteiger partial charge on any atom is -0.325 e. The predicted octanol–water partition coefficient (Wildman–Crippen LogP) is 3.38. The summed E-state index contributed by atoms with van der Waals surface area (Å²) < 4.78 is 3.14. The van der Waals surface area contributed by atoms with Crippen LogP contribution in [0.25, 0.3) is 5.52 Å². The Balaban J connectivity index is 1.56. The molecule has 0 unspecified atom stereocenters. The standard InChI is InChI=1S/C22H26N4O2/c1-14(2)16-5-7-17(8-6-16)23-20(27)13-25-10-11-26-21(22(25)28)18-12-15(3)4-9-19(18)24-26/h5-8,10-11,14-15H,4,9,12-13H2,1-3H3,(H,23,27)/t15-/m0/s1. The number of amides is 1. The number of rotatable bonds is 4. The normalized spacial score (nSPS) is 16.4. The first-order valence-electron chi connectivity index (χ1n) is 9.91. The molecule has 1 aromatic carbocycles. The van der Waals surface area contributed by atoms with Crippen molar-refractivity contribution in [2.45, 2.75) is 52.5 Å². The van der Waals surface area contributed by atoms with Crippen LogP contribution in [0.4, 0.5) is 5.69 Å². The summed E-state index contributed by atoms with van der Waals surface area (Å²) in [5.41, 5.74) is 4.47. The highest BCUT2D eigenvalue weighted by Crippen LogP contribution is 2.26. The largest absolute Gasteiger partial charge is 0.325 e. The third-order valence-electron chi connectivity index (χ3n) is 5.54. The van der Waals surface area contributed by atoms with E-state index in [4.69, 9.17) is 0 Å². The summed E-state index contributed by atoms with van der Waals surface area (Å²) in [6.07, 6.45) is 6.28. The molecule has 1 aliphatic carbocycles. The van der Waals surface area contributed by atoms with Gasteiger partial charge in [-0.05, 0) is 48.8 Å². The van der Waals surface area contributed by atoms with Gasteiger partial charge in [-0.2, -0.15) is 5.10 Å². The van der Waals surface area contributed by atoms with E-state index < -0.39 is 0 Å². The third-order valence-corrected chi connectivity index (χ3v) is 5.54. The Kier molecular flexibility index (Phi) is 4.79. The highest BCUT2D eigenvalue weighted by Gasteiger charge is 2.23. The van der Waals surface area contributed by atoms with Crippen molar-refractivity contribution < 1.29 is 4.79 Å². The zero-order valence-electron chi connectivity index (χ0n) is 16.6. The molecule has 0 saturated carbocycles. The van der Waals surface area contributed by atoms with Gasteiger partial charge in [-0.15, -0.1) is 0 Å². The van der Waals surface area contributed by atoms with Gasteiger partial charge in [0.05, 0.1) is 5.69 Å². The minimum atomic E-state index is -0.217. The second-order valence-electron chi connectivity index (χ2n) is 8.12. The SMILES string of the molecule is CC(C)c1ccc(NC(=O)Cn2ccn3nc4c(c3c2=O)C[C@@H](C)CC4)cc1. The fraction of sp³-hybridized carbons (Fsp3) is 0.409. The summed E-state index contributed by atoms with van der Waals surface area (Å²) in [6.45, 7) is 6.45. The first kappa shape index (κ1) is 18.5. The van der Waals surface area contributed by atoms with E-state index in [0.717, 1.165) is 36.2 Å². The van der Waals surface area contributed by atoms with Crippen LogP contribution in [0, 0.1) is 5.92 Å². The molecule has 3 aromatic rings. The van der Waals surface area contributed by atoms with Crippen LogP contribution in [0.15, 0.2) is 41.5 Å². The zero-order valence-corrected chi connectivity index (χ0v) is 16.6. The van der Waals surface area contributed by atoms with Crippen molar-refractivity contribution >= 4 is 17.1 Å². The lowest BCUT2D eigenvalue weighted by Crippen LogP contribution is -2.28. The van der Waals surface area contributed by atoms with Gasteiger partial charge >= 0.3 is 0 Å². The van der Waals surface area contributed by atoms with Crippen LogP contribution in [0.3, 0.4) is 0 Å². The Morgan fingerprint density at radius 2 is 2.00 bits per heavy atom. The molecule has 0 saturated heterocycles. The highest BCUT2D eigenvalue weighted by atomic mass is 16.2. The van der Waals surface area contributed by atoms with Crippen molar-refractivity contribution in [3.05, 3.63) is 63.8 Å². The zero-order chi connectivity index (χ0) is 19.8. The van der Waals surface area contributed by atoms with Gasteiger partial charge in [0, 0.05) is 23.6 Å². The fourth-order valence-corrected chi connectivity index (χ4v) is 3.88. The second kappa shape index (κ2) is 7.26. The molecule has 2 heterocycles. The van der Waals surface area contributed by atoms with E-state index in [-0.39, 0.29) is 18.0 Å². The van der Waals surface area contributed by atoms with Gasteiger partial charge in [-0.3, -0.25) is 9.59 Å². The van der Waals surface area contributed by atoms with Crippen LogP contribution in [-0.4, -0.2) is 20.1 Å². The number of hydrogen-bond acceptors (Lipinski definition) is 3. The molecule has 2 aromatic heterocycles. The lowest BCUT2D eigenvalue weighted by molar-refractivity contribution is -0.116. The Morgan fingerprint density at radius 1 is 1.25 bits per heavy atom. The van der Waals surface area contributed by atoms with E-state index in [1.165, 1.54) is 10.1 Å². The van der Waals surface area contributed by atoms with Crippen molar-refractivity contribution in [2.75, 3.05) is 5.32 Å². The van der Waals surface area contributed by atoms with Gasteiger partial charge in [0.2, 0.25) is 5.91 Å². The Morgan fingerprint density at radius 3 is 2.71 bits per heavy atom. The molecule has 0 aliphatic heterocycles. The summed E-state index contributed by atoms with van der Waals surface area (Å²) in [5.74, 6) is 0.774. The van der Waals surface area contributed by atoms with Crippen molar-refractivity contribution in [3.8, 4) is 0 Å². The number of carbonyl (C=O) groups is 1. The molecule has 1 amide bonds. The summed E-state index contributed by atoms with van der Waals surface area (Å²) in [4.78, 5) is 25.5. The molecule has 1 atom stereocenters. The molecule has 4 rings (SSSR count). The van der Waals surface area contributed by atoms with Gasteiger partial charge in [-0.25, -0.2) is 4.52 Å². The van der Waals surface area contributed by atoms with E-state index in [9.17, 15) is 9.59 Å². The molecular formula is C22H26N4O2. The summed E-state index contributed by atoms with van der Waals surface area (Å²) in [5, 5.41) is 7.44. The number of hydrogen-bond donors (Lipinski definition) is 1. The Hall–Kier alpha value is -2.89. The molecule has 0 bridgehead atoms. The topological polar surface area (TPSA) is 68.4 Å². The Labute approximate surface area is 164 Å². The predicted molar refractivity (Wildman–Crippen MR) is 110 cm³/mol. The maximum atomic E-state index is 13.0. The highest BCUT2D eigenvalue weighted by molar-refractivity contribution is 5.90. The van der Waals surface area contributed by atoms with Crippen LogP contribution < -0.4 is 10.9 Å². The number of anilines is 1. The van der Waals surface area contributed by atoms with Crippen LogP contribution in [0.5, 0.6) is 0 Å². The maximum Gasteiger partial charge on any atom is 0.277 e. The van der Waals surface area contributed by atoms with Crippen molar-refractivity contribution in [1.29, 1.82) is 0 Å². The number of nitrogens with one attached hydrogen (secondary N) is 1. The van der Waals surface area contributed by atoms with Gasteiger partial charge in [-0.1, -0.05) is 32.9 Å². The molecule has 0 fully saturated rings. The molecule has 6 heteroatoms. The number of benzene rings is 1. The number of nitrogens with zero attached hydrogens (tertiary/aromatic N) is 3. The maximum absolute atomic E-state index is 13.0. The second-order valence-corrected chi connectivity index (χ2v) is 8.12. The molecule has 1 N–H and O–H groups in total. The van der Waals surface area contributed by atoms with E-state index >= 15 is 0 Å². The smallest absolute Gasteiger partial charge is 0.277 e. The first-order valence-corrected chi connectivity index (χ1v) is 9.91. The van der Waals surface area contributed by atoms with Crippen molar-refractivity contribution in [3.63, 3.8) is 0 Å². The molecule has 0 spiro atoms. The summed E-state index contributed by atoms with van der Waals surface area (Å²) >= 11 is 0. The van der Waals surface area contributed by atoms with E-state index in [0.29, 0.717) is 17.4 Å². The quantitative estimate of drug-likeness (QED) is 0.757. The average Bonchev–Trinajstić information content (AvgIpc) is 3.03. The number of carbonyl (C=O) groups excluding carboxylic acids is 1. The lowest BCUT2D eigenvalue weighted by Gasteiger charge is -2.16. The van der Waals surface area contributed by atoms with Crippen molar-refractivity contribution in [1.82, 2.24) is 14.2 Å². The first-order chi connectivity index (χ1) is 13.4. The molecule has 6 nitrogen and oxygen atoms in total. The van der Waals surface area contributed by atoms with E-state index in [1.54, 1.807) is 16.9 Å². The Bertz CT molecular complexity index is 1080. The fourth-order valence-electron chi connectivity index (χ4n) is 3.88. The number of aromatic nitrogens is 3.